The molecular weight excluding hydrogens is 310 g/mol. The standard InChI is InChI=1S/C21H39N3O/c1-16(2)24-14-19(21(4,5)15-24)20(25)23-12-10-22(11-13-23)18-8-6-17(3)7-9-18/h16-19H,6-15H2,1-5H3/t17?,18?,19-/m1/s1. The predicted molar refractivity (Wildman–Crippen MR) is 104 cm³/mol. The molecule has 0 N–H and O–H groups in total. The van der Waals surface area contributed by atoms with Crippen molar-refractivity contribution in [3.63, 3.8) is 0 Å². The highest BCUT2D eigenvalue weighted by atomic mass is 16.2. The van der Waals surface area contributed by atoms with E-state index >= 15 is 0 Å². The number of likely N-dealkylation sites (tertiary alicyclic amines) is 1. The van der Waals surface area contributed by atoms with Crippen LogP contribution in [0.2, 0.25) is 0 Å². The molecule has 2 saturated heterocycles. The number of hydrogen-bond donors (Lipinski definition) is 0. The van der Waals surface area contributed by atoms with E-state index in [1.54, 1.807) is 0 Å². The second kappa shape index (κ2) is 7.56. The summed E-state index contributed by atoms with van der Waals surface area (Å²) in [5.41, 5.74) is 0.0952. The summed E-state index contributed by atoms with van der Waals surface area (Å²) in [6.07, 6.45) is 5.47. The third kappa shape index (κ3) is 4.21. The first-order valence-electron chi connectivity index (χ1n) is 10.5. The van der Waals surface area contributed by atoms with Gasteiger partial charge in [0.05, 0.1) is 5.92 Å². The van der Waals surface area contributed by atoms with E-state index in [9.17, 15) is 4.79 Å². The Morgan fingerprint density at radius 3 is 2.12 bits per heavy atom. The lowest BCUT2D eigenvalue weighted by Crippen LogP contribution is -2.54. The van der Waals surface area contributed by atoms with Gasteiger partial charge in [-0.2, -0.15) is 0 Å². The number of amides is 1. The molecule has 1 aliphatic carbocycles. The Balaban J connectivity index is 1.53. The molecule has 0 radical (unpaired) electrons. The Morgan fingerprint density at radius 1 is 1.00 bits per heavy atom. The van der Waals surface area contributed by atoms with Crippen LogP contribution in [0.5, 0.6) is 0 Å². The summed E-state index contributed by atoms with van der Waals surface area (Å²) in [6.45, 7) is 17.4. The highest BCUT2D eigenvalue weighted by Gasteiger charge is 2.46. The van der Waals surface area contributed by atoms with Crippen LogP contribution in [0.3, 0.4) is 0 Å². The first-order valence-corrected chi connectivity index (χ1v) is 10.5. The van der Waals surface area contributed by atoms with Crippen LogP contribution in [0.4, 0.5) is 0 Å². The number of hydrogen-bond acceptors (Lipinski definition) is 3. The fraction of sp³-hybridized carbons (Fsp3) is 0.952. The van der Waals surface area contributed by atoms with Crippen molar-refractivity contribution in [2.75, 3.05) is 39.3 Å². The van der Waals surface area contributed by atoms with Crippen LogP contribution in [0, 0.1) is 17.3 Å². The Hall–Kier alpha value is -0.610. The topological polar surface area (TPSA) is 26.8 Å². The van der Waals surface area contributed by atoms with Gasteiger partial charge < -0.3 is 4.90 Å². The molecule has 0 aromatic carbocycles. The lowest BCUT2D eigenvalue weighted by atomic mass is 9.81. The Bertz CT molecular complexity index is 460. The molecular formula is C21H39N3O. The molecule has 0 bridgehead atoms. The van der Waals surface area contributed by atoms with Crippen LogP contribution in [0.1, 0.15) is 60.3 Å². The second-order valence-electron chi connectivity index (χ2n) is 9.84. The SMILES string of the molecule is CC1CCC(N2CCN(C(=O)[C@H]3CN(C(C)C)CC3(C)C)CC2)CC1. The summed E-state index contributed by atoms with van der Waals surface area (Å²) in [7, 11) is 0. The van der Waals surface area contributed by atoms with Gasteiger partial charge in [-0.25, -0.2) is 0 Å². The minimum Gasteiger partial charge on any atom is -0.340 e. The smallest absolute Gasteiger partial charge is 0.227 e. The third-order valence-corrected chi connectivity index (χ3v) is 7.13. The van der Waals surface area contributed by atoms with Gasteiger partial charge in [0.1, 0.15) is 0 Å². The van der Waals surface area contributed by atoms with Gasteiger partial charge in [0.2, 0.25) is 5.91 Å². The van der Waals surface area contributed by atoms with Crippen LogP contribution in [-0.4, -0.2) is 72.0 Å². The number of piperazine rings is 1. The van der Waals surface area contributed by atoms with Crippen LogP contribution in [0.15, 0.2) is 0 Å². The zero-order chi connectivity index (χ0) is 18.2. The van der Waals surface area contributed by atoms with Gasteiger partial charge in [-0.3, -0.25) is 14.6 Å². The molecule has 2 heterocycles. The monoisotopic (exact) mass is 349 g/mol. The van der Waals surface area contributed by atoms with Gasteiger partial charge >= 0.3 is 0 Å². The largest absolute Gasteiger partial charge is 0.340 e. The third-order valence-electron chi connectivity index (χ3n) is 7.13. The van der Waals surface area contributed by atoms with E-state index in [1.165, 1.54) is 25.7 Å². The molecule has 3 fully saturated rings. The molecule has 1 saturated carbocycles. The maximum absolute atomic E-state index is 13.2. The zero-order valence-corrected chi connectivity index (χ0v) is 17.1. The Morgan fingerprint density at radius 2 is 1.60 bits per heavy atom. The van der Waals surface area contributed by atoms with E-state index in [0.29, 0.717) is 11.9 Å². The highest BCUT2D eigenvalue weighted by Crippen LogP contribution is 2.37. The summed E-state index contributed by atoms with van der Waals surface area (Å²) in [6, 6.07) is 1.30. The molecule has 0 unspecified atom stereocenters. The molecule has 3 rings (SSSR count). The van der Waals surface area contributed by atoms with Crippen molar-refractivity contribution >= 4 is 5.91 Å². The van der Waals surface area contributed by atoms with E-state index in [4.69, 9.17) is 0 Å². The average molecular weight is 350 g/mol. The van der Waals surface area contributed by atoms with Crippen LogP contribution in [0.25, 0.3) is 0 Å². The van der Waals surface area contributed by atoms with Gasteiger partial charge in [0.25, 0.3) is 0 Å². The summed E-state index contributed by atoms with van der Waals surface area (Å²) in [4.78, 5) is 20.5. The molecule has 25 heavy (non-hydrogen) atoms. The van der Waals surface area contributed by atoms with Crippen molar-refractivity contribution in [1.82, 2.24) is 14.7 Å². The maximum Gasteiger partial charge on any atom is 0.227 e. The quantitative estimate of drug-likeness (QED) is 0.783. The second-order valence-corrected chi connectivity index (χ2v) is 9.84. The van der Waals surface area contributed by atoms with Crippen molar-refractivity contribution in [3.8, 4) is 0 Å². The molecule has 0 spiro atoms. The Kier molecular flexibility index (Phi) is 5.79. The molecule has 0 aromatic heterocycles. The number of nitrogens with zero attached hydrogens (tertiary/aromatic N) is 3. The minimum absolute atomic E-state index is 0.0952. The number of rotatable bonds is 3. The van der Waals surface area contributed by atoms with Crippen LogP contribution in [-0.2, 0) is 4.79 Å². The first-order chi connectivity index (χ1) is 11.8. The lowest BCUT2D eigenvalue weighted by molar-refractivity contribution is -0.140. The summed E-state index contributed by atoms with van der Waals surface area (Å²) in [5.74, 6) is 1.48. The molecule has 0 aromatic rings. The van der Waals surface area contributed by atoms with Crippen LogP contribution >= 0.6 is 0 Å². The molecule has 2 aliphatic heterocycles. The van der Waals surface area contributed by atoms with Crippen molar-refractivity contribution in [2.45, 2.75) is 72.4 Å². The van der Waals surface area contributed by atoms with Crippen molar-refractivity contribution in [2.24, 2.45) is 17.3 Å². The number of carbonyl (C=O) groups excluding carboxylic acids is 1. The number of carbonyl (C=O) groups is 1. The average Bonchev–Trinajstić information content (AvgIpc) is 2.91. The molecule has 1 amide bonds. The van der Waals surface area contributed by atoms with Crippen molar-refractivity contribution in [3.05, 3.63) is 0 Å². The summed E-state index contributed by atoms with van der Waals surface area (Å²) < 4.78 is 0. The van der Waals surface area contributed by atoms with Crippen LogP contribution < -0.4 is 0 Å². The normalized spacial score (nSPS) is 34.6. The van der Waals surface area contributed by atoms with E-state index in [0.717, 1.165) is 51.2 Å². The minimum atomic E-state index is 0.0952. The molecule has 3 aliphatic rings. The lowest BCUT2D eigenvalue weighted by Gasteiger charge is -2.42. The summed E-state index contributed by atoms with van der Waals surface area (Å²) in [5, 5.41) is 0. The van der Waals surface area contributed by atoms with E-state index in [-0.39, 0.29) is 11.3 Å². The maximum atomic E-state index is 13.2. The van der Waals surface area contributed by atoms with Crippen molar-refractivity contribution in [1.29, 1.82) is 0 Å². The fourth-order valence-corrected chi connectivity index (χ4v) is 5.12. The molecule has 1 atom stereocenters. The molecule has 4 nitrogen and oxygen atoms in total. The molecule has 144 valence electrons. The van der Waals surface area contributed by atoms with Gasteiger partial charge in [0, 0.05) is 51.4 Å². The van der Waals surface area contributed by atoms with E-state index < -0.39 is 0 Å². The fourth-order valence-electron chi connectivity index (χ4n) is 5.12. The van der Waals surface area contributed by atoms with Gasteiger partial charge in [0.15, 0.2) is 0 Å². The van der Waals surface area contributed by atoms with E-state index in [2.05, 4.69) is 49.3 Å². The molecule has 4 heteroatoms. The highest BCUT2D eigenvalue weighted by molar-refractivity contribution is 5.80. The summed E-state index contributed by atoms with van der Waals surface area (Å²) >= 11 is 0. The Labute approximate surface area is 154 Å². The van der Waals surface area contributed by atoms with Crippen molar-refractivity contribution < 1.29 is 4.79 Å². The van der Waals surface area contributed by atoms with Gasteiger partial charge in [-0.15, -0.1) is 0 Å². The van der Waals surface area contributed by atoms with Gasteiger partial charge in [-0.05, 0) is 50.9 Å². The predicted octanol–water partition coefficient (Wildman–Crippen LogP) is 3.08. The first kappa shape index (κ1) is 19.2. The van der Waals surface area contributed by atoms with E-state index in [1.807, 2.05) is 0 Å². The van der Waals surface area contributed by atoms with Gasteiger partial charge in [-0.1, -0.05) is 20.8 Å². The zero-order valence-electron chi connectivity index (χ0n) is 17.1.